The number of nitrogens with zero attached hydrogens (tertiary/aromatic N) is 1. The van der Waals surface area contributed by atoms with Gasteiger partial charge >= 0.3 is 0 Å². The largest absolute Gasteiger partial charge is 0.489 e. The van der Waals surface area contributed by atoms with Gasteiger partial charge in [0.1, 0.15) is 17.7 Å². The minimum Gasteiger partial charge on any atom is -0.489 e. The molecule has 1 atom stereocenters. The number of halogens is 5. The molecule has 0 aliphatic carbocycles. The number of aliphatic imine (C=N–C) groups is 1. The van der Waals surface area contributed by atoms with E-state index in [9.17, 15) is 22.4 Å². The van der Waals surface area contributed by atoms with Gasteiger partial charge in [-0.2, -0.15) is 0 Å². The summed E-state index contributed by atoms with van der Waals surface area (Å²) in [6.07, 6.45) is -0.347. The molecule has 6 nitrogen and oxygen atoms in total. The lowest BCUT2D eigenvalue weighted by Crippen LogP contribution is -2.44. The molecule has 2 aromatic carbocycles. The molecule has 1 unspecified atom stereocenters. The van der Waals surface area contributed by atoms with Crippen LogP contribution in [0.5, 0.6) is 5.75 Å². The number of guanidine groups is 1. The number of carbonyl (C=O) groups excluding carboxylic acids is 1. The molecule has 11 heteroatoms. The molecule has 0 aromatic heterocycles. The standard InChI is InChI=1S/C19H20F4N4O2.HI/c1-11(29-13-5-3-4-12(20)8-13)9-25-19(24-2)26-10-16(28)27-15-7-6-14(21)17(22)18(15)23;/h3-8,11H,9-10H2,1-2H3,(H,27,28)(H2,24,25,26);1H. The van der Waals surface area contributed by atoms with Gasteiger partial charge in [-0.3, -0.25) is 9.79 Å². The first-order valence-electron chi connectivity index (χ1n) is 8.60. The Balaban J connectivity index is 0.00000450. The molecule has 0 bridgehead atoms. The molecule has 30 heavy (non-hydrogen) atoms. The summed E-state index contributed by atoms with van der Waals surface area (Å²) in [7, 11) is 1.47. The van der Waals surface area contributed by atoms with E-state index in [1.165, 1.54) is 25.2 Å². The van der Waals surface area contributed by atoms with Crippen molar-refractivity contribution in [2.45, 2.75) is 13.0 Å². The maximum absolute atomic E-state index is 13.6. The van der Waals surface area contributed by atoms with Crippen molar-refractivity contribution in [1.29, 1.82) is 0 Å². The highest BCUT2D eigenvalue weighted by Crippen LogP contribution is 2.19. The normalized spacial score (nSPS) is 11.9. The first-order chi connectivity index (χ1) is 13.8. The Morgan fingerprint density at radius 3 is 2.50 bits per heavy atom. The third-order valence-corrected chi connectivity index (χ3v) is 3.64. The van der Waals surface area contributed by atoms with Crippen molar-refractivity contribution >= 4 is 41.5 Å². The molecule has 0 aliphatic rings. The van der Waals surface area contributed by atoms with Crippen molar-refractivity contribution < 1.29 is 27.1 Å². The van der Waals surface area contributed by atoms with Gasteiger partial charge in [-0.15, -0.1) is 24.0 Å². The maximum Gasteiger partial charge on any atom is 0.243 e. The molecule has 0 aliphatic heterocycles. The monoisotopic (exact) mass is 540 g/mol. The van der Waals surface area contributed by atoms with E-state index in [1.54, 1.807) is 13.0 Å². The van der Waals surface area contributed by atoms with Crippen LogP contribution in [0.15, 0.2) is 41.4 Å². The average molecular weight is 540 g/mol. The minimum atomic E-state index is -1.67. The summed E-state index contributed by atoms with van der Waals surface area (Å²) in [5.41, 5.74) is -0.476. The van der Waals surface area contributed by atoms with Crippen LogP contribution in [0, 0.1) is 23.3 Å². The molecule has 0 fully saturated rings. The van der Waals surface area contributed by atoms with E-state index in [-0.39, 0.29) is 49.1 Å². The van der Waals surface area contributed by atoms with Crippen molar-refractivity contribution in [3.8, 4) is 5.75 Å². The van der Waals surface area contributed by atoms with Crippen LogP contribution in [-0.2, 0) is 4.79 Å². The summed E-state index contributed by atoms with van der Waals surface area (Å²) in [6, 6.07) is 7.34. The molecule has 0 radical (unpaired) electrons. The Morgan fingerprint density at radius 2 is 1.83 bits per heavy atom. The van der Waals surface area contributed by atoms with E-state index in [1.807, 2.05) is 0 Å². The molecule has 0 spiro atoms. The van der Waals surface area contributed by atoms with Crippen LogP contribution >= 0.6 is 24.0 Å². The first kappa shape index (κ1) is 25.5. The number of amides is 1. The first-order valence-corrected chi connectivity index (χ1v) is 8.60. The van der Waals surface area contributed by atoms with Gasteiger partial charge in [0.15, 0.2) is 23.4 Å². The predicted octanol–water partition coefficient (Wildman–Crippen LogP) is 3.43. The smallest absolute Gasteiger partial charge is 0.243 e. The van der Waals surface area contributed by atoms with Gasteiger partial charge in [0.05, 0.1) is 18.8 Å². The fraction of sp³-hybridized carbons (Fsp3) is 0.263. The van der Waals surface area contributed by atoms with E-state index in [2.05, 4.69) is 20.9 Å². The average Bonchev–Trinajstić information content (AvgIpc) is 2.68. The lowest BCUT2D eigenvalue weighted by Gasteiger charge is -2.17. The van der Waals surface area contributed by atoms with Gasteiger partial charge in [-0.05, 0) is 31.2 Å². The molecule has 3 N–H and O–H groups in total. The summed E-state index contributed by atoms with van der Waals surface area (Å²) in [6.45, 7) is 1.73. The predicted molar refractivity (Wildman–Crippen MR) is 116 cm³/mol. The molecule has 164 valence electrons. The molecule has 0 heterocycles. The number of anilines is 1. The summed E-state index contributed by atoms with van der Waals surface area (Å²) in [5, 5.41) is 7.73. The lowest BCUT2D eigenvalue weighted by atomic mass is 10.2. The second-order valence-electron chi connectivity index (χ2n) is 5.96. The number of carbonyl (C=O) groups is 1. The van der Waals surface area contributed by atoms with E-state index in [0.717, 1.165) is 6.07 Å². The number of nitrogens with one attached hydrogen (secondary N) is 3. The summed E-state index contributed by atoms with van der Waals surface area (Å²) in [5.74, 6) is -4.98. The molecule has 2 aromatic rings. The van der Waals surface area contributed by atoms with Crippen LogP contribution in [0.25, 0.3) is 0 Å². The van der Waals surface area contributed by atoms with Crippen LogP contribution in [0.3, 0.4) is 0 Å². The highest BCUT2D eigenvalue weighted by atomic mass is 127. The van der Waals surface area contributed by atoms with Gasteiger partial charge in [0.2, 0.25) is 5.91 Å². The van der Waals surface area contributed by atoms with Crippen molar-refractivity contribution in [2.75, 3.05) is 25.5 Å². The number of hydrogen-bond donors (Lipinski definition) is 3. The summed E-state index contributed by atoms with van der Waals surface area (Å²) < 4.78 is 58.4. The van der Waals surface area contributed by atoms with Gasteiger partial charge in [0, 0.05) is 13.1 Å². The second-order valence-corrected chi connectivity index (χ2v) is 5.96. The van der Waals surface area contributed by atoms with Crippen LogP contribution in [0.2, 0.25) is 0 Å². The Kier molecular flexibility index (Phi) is 10.4. The molecular weight excluding hydrogens is 519 g/mol. The topological polar surface area (TPSA) is 74.8 Å². The minimum absolute atomic E-state index is 0. The quantitative estimate of drug-likeness (QED) is 0.166. The highest BCUT2D eigenvalue weighted by Gasteiger charge is 2.15. The van der Waals surface area contributed by atoms with Gasteiger partial charge in [-0.1, -0.05) is 6.07 Å². The fourth-order valence-corrected chi connectivity index (χ4v) is 2.26. The molecule has 0 saturated heterocycles. The van der Waals surface area contributed by atoms with Crippen LogP contribution in [-0.4, -0.2) is 38.1 Å². The molecular formula is C19H21F4IN4O2. The van der Waals surface area contributed by atoms with E-state index in [0.29, 0.717) is 11.8 Å². The number of benzene rings is 2. The van der Waals surface area contributed by atoms with E-state index < -0.39 is 34.9 Å². The lowest BCUT2D eigenvalue weighted by molar-refractivity contribution is -0.115. The summed E-state index contributed by atoms with van der Waals surface area (Å²) >= 11 is 0. The van der Waals surface area contributed by atoms with Crippen molar-refractivity contribution in [3.63, 3.8) is 0 Å². The Labute approximate surface area is 188 Å². The van der Waals surface area contributed by atoms with E-state index in [4.69, 9.17) is 4.74 Å². The SMILES string of the molecule is CN=C(NCC(=O)Nc1ccc(F)c(F)c1F)NCC(C)Oc1cccc(F)c1.I. The zero-order chi connectivity index (χ0) is 21.4. The number of ether oxygens (including phenoxy) is 1. The fourth-order valence-electron chi connectivity index (χ4n) is 2.26. The summed E-state index contributed by atoms with van der Waals surface area (Å²) in [4.78, 5) is 15.8. The van der Waals surface area contributed by atoms with E-state index >= 15 is 0 Å². The zero-order valence-electron chi connectivity index (χ0n) is 16.1. The zero-order valence-corrected chi connectivity index (χ0v) is 18.5. The molecule has 2 rings (SSSR count). The van der Waals surface area contributed by atoms with Crippen molar-refractivity contribution in [2.24, 2.45) is 4.99 Å². The van der Waals surface area contributed by atoms with Gasteiger partial charge in [0.25, 0.3) is 0 Å². The van der Waals surface area contributed by atoms with Crippen molar-refractivity contribution in [3.05, 3.63) is 59.7 Å². The van der Waals surface area contributed by atoms with Gasteiger partial charge < -0.3 is 20.7 Å². The number of rotatable bonds is 7. The third-order valence-electron chi connectivity index (χ3n) is 3.64. The van der Waals surface area contributed by atoms with Crippen molar-refractivity contribution in [1.82, 2.24) is 10.6 Å². The number of hydrogen-bond acceptors (Lipinski definition) is 3. The Bertz CT molecular complexity index is 899. The highest BCUT2D eigenvalue weighted by molar-refractivity contribution is 14.0. The molecule has 1 amide bonds. The third kappa shape index (κ3) is 7.69. The maximum atomic E-state index is 13.6. The van der Waals surface area contributed by atoms with Crippen LogP contribution < -0.4 is 20.7 Å². The Morgan fingerprint density at radius 1 is 1.10 bits per heavy atom. The van der Waals surface area contributed by atoms with Gasteiger partial charge in [-0.25, -0.2) is 17.6 Å². The molecule has 0 saturated carbocycles. The Hall–Kier alpha value is -2.57. The van der Waals surface area contributed by atoms with Crippen LogP contribution in [0.4, 0.5) is 23.2 Å². The van der Waals surface area contributed by atoms with Crippen LogP contribution in [0.1, 0.15) is 6.92 Å². The second kappa shape index (κ2) is 12.2.